The van der Waals surface area contributed by atoms with E-state index in [-0.39, 0.29) is 0 Å². The largest absolute Gasteiger partial charge is 0.464 e. The molecule has 4 heteroatoms. The summed E-state index contributed by atoms with van der Waals surface area (Å²) in [6, 6.07) is 18.6. The molecule has 0 fully saturated rings. The number of nitrogens with zero attached hydrogens (tertiary/aromatic N) is 2. The summed E-state index contributed by atoms with van der Waals surface area (Å²) in [5.41, 5.74) is 8.15. The highest BCUT2D eigenvalue weighted by Gasteiger charge is 2.11. The fourth-order valence-corrected chi connectivity index (χ4v) is 3.72. The van der Waals surface area contributed by atoms with Crippen LogP contribution in [0.5, 0.6) is 0 Å². The highest BCUT2D eigenvalue weighted by Crippen LogP contribution is 2.34. The minimum atomic E-state index is 0.891. The maximum Gasteiger partial charge on any atom is 0.133 e. The summed E-state index contributed by atoms with van der Waals surface area (Å²) in [4.78, 5) is 9.00. The van der Waals surface area contributed by atoms with Crippen molar-refractivity contribution in [3.8, 4) is 22.4 Å². The van der Waals surface area contributed by atoms with E-state index in [1.807, 2.05) is 29.9 Å². The normalized spacial score (nSPS) is 11.3. The number of thiazole rings is 1. The lowest BCUT2D eigenvalue weighted by molar-refractivity contribution is 0.616. The van der Waals surface area contributed by atoms with E-state index in [1.165, 1.54) is 4.70 Å². The second-order valence-electron chi connectivity index (χ2n) is 5.61. The van der Waals surface area contributed by atoms with Gasteiger partial charge in [0, 0.05) is 22.7 Å². The van der Waals surface area contributed by atoms with Crippen LogP contribution < -0.4 is 0 Å². The van der Waals surface area contributed by atoms with Crippen molar-refractivity contribution in [1.82, 2.24) is 9.97 Å². The zero-order valence-corrected chi connectivity index (χ0v) is 13.5. The van der Waals surface area contributed by atoms with Crippen molar-refractivity contribution < 1.29 is 4.42 Å². The molecule has 0 atom stereocenters. The van der Waals surface area contributed by atoms with Crippen LogP contribution in [0.25, 0.3) is 43.6 Å². The first-order valence-corrected chi connectivity index (χ1v) is 8.53. The van der Waals surface area contributed by atoms with Crippen LogP contribution in [0, 0.1) is 0 Å². The number of pyridine rings is 1. The fourth-order valence-electron chi connectivity index (χ4n) is 3.00. The van der Waals surface area contributed by atoms with Gasteiger partial charge in [0.1, 0.15) is 5.58 Å². The third-order valence-electron chi connectivity index (χ3n) is 4.18. The Hall–Kier alpha value is -2.98. The van der Waals surface area contributed by atoms with Crippen molar-refractivity contribution in [3.05, 3.63) is 72.6 Å². The molecule has 2 aromatic carbocycles. The summed E-state index contributed by atoms with van der Waals surface area (Å²) >= 11 is 1.66. The molecule has 0 aliphatic carbocycles. The summed E-state index contributed by atoms with van der Waals surface area (Å²) in [7, 11) is 0. The molecule has 0 saturated carbocycles. The second-order valence-corrected chi connectivity index (χ2v) is 6.49. The second kappa shape index (κ2) is 5.28. The molecule has 0 radical (unpaired) electrons. The molecule has 114 valence electrons. The van der Waals surface area contributed by atoms with Gasteiger partial charge in [0.25, 0.3) is 0 Å². The first-order chi connectivity index (χ1) is 11.9. The van der Waals surface area contributed by atoms with Gasteiger partial charge in [-0.3, -0.25) is 4.98 Å². The maximum absolute atomic E-state index is 5.44. The van der Waals surface area contributed by atoms with Crippen LogP contribution >= 0.6 is 11.3 Å². The van der Waals surface area contributed by atoms with E-state index in [0.717, 1.165) is 38.9 Å². The quantitative estimate of drug-likeness (QED) is 0.413. The number of hydrogen-bond acceptors (Lipinski definition) is 4. The highest BCUT2D eigenvalue weighted by molar-refractivity contribution is 7.16. The number of hydrogen-bond donors (Lipinski definition) is 0. The van der Waals surface area contributed by atoms with Crippen molar-refractivity contribution in [2.24, 2.45) is 0 Å². The maximum atomic E-state index is 5.44. The van der Waals surface area contributed by atoms with Gasteiger partial charge in [0.2, 0.25) is 0 Å². The SMILES string of the molecule is c1cnc(-c2ccc3occc3c2)c(-c2ccc3ncsc3c2)c1. The summed E-state index contributed by atoms with van der Waals surface area (Å²) in [5, 5.41) is 1.09. The summed E-state index contributed by atoms with van der Waals surface area (Å²) in [6.45, 7) is 0. The Labute approximate surface area is 142 Å². The van der Waals surface area contributed by atoms with Gasteiger partial charge < -0.3 is 4.42 Å². The van der Waals surface area contributed by atoms with E-state index in [0.29, 0.717) is 0 Å². The Kier molecular flexibility index (Phi) is 2.96. The van der Waals surface area contributed by atoms with Gasteiger partial charge in [-0.2, -0.15) is 0 Å². The third-order valence-corrected chi connectivity index (χ3v) is 4.97. The van der Waals surface area contributed by atoms with Crippen molar-refractivity contribution in [1.29, 1.82) is 0 Å². The third kappa shape index (κ3) is 2.12. The first-order valence-electron chi connectivity index (χ1n) is 7.65. The average molecular weight is 328 g/mol. The molecular formula is C20H12N2OS. The molecule has 0 saturated heterocycles. The number of benzene rings is 2. The van der Waals surface area contributed by atoms with Crippen LogP contribution in [-0.2, 0) is 0 Å². The van der Waals surface area contributed by atoms with Crippen LogP contribution in [0.2, 0.25) is 0 Å². The molecule has 5 rings (SSSR count). The van der Waals surface area contributed by atoms with Gasteiger partial charge in [-0.15, -0.1) is 11.3 Å². The van der Waals surface area contributed by atoms with E-state index in [9.17, 15) is 0 Å². The van der Waals surface area contributed by atoms with Crippen LogP contribution in [-0.4, -0.2) is 9.97 Å². The number of aromatic nitrogens is 2. The molecule has 0 N–H and O–H groups in total. The molecule has 24 heavy (non-hydrogen) atoms. The molecule has 0 unspecified atom stereocenters. The molecule has 0 bridgehead atoms. The monoisotopic (exact) mass is 328 g/mol. The Bertz CT molecular complexity index is 1080. The van der Waals surface area contributed by atoms with E-state index in [1.54, 1.807) is 17.6 Å². The van der Waals surface area contributed by atoms with Crippen molar-refractivity contribution in [3.63, 3.8) is 0 Å². The van der Waals surface area contributed by atoms with Crippen molar-refractivity contribution in [2.75, 3.05) is 0 Å². The number of furan rings is 1. The van der Waals surface area contributed by atoms with E-state index < -0.39 is 0 Å². The number of fused-ring (bicyclic) bond motifs is 2. The molecule has 0 amide bonds. The van der Waals surface area contributed by atoms with Gasteiger partial charge >= 0.3 is 0 Å². The number of rotatable bonds is 2. The predicted molar refractivity (Wildman–Crippen MR) is 98.1 cm³/mol. The molecule has 3 aromatic heterocycles. The molecule has 0 spiro atoms. The van der Waals surface area contributed by atoms with E-state index >= 15 is 0 Å². The molecule has 5 aromatic rings. The van der Waals surface area contributed by atoms with Crippen LogP contribution in [0.1, 0.15) is 0 Å². The summed E-state index contributed by atoms with van der Waals surface area (Å²) in [6.07, 6.45) is 3.55. The lowest BCUT2D eigenvalue weighted by Gasteiger charge is -2.09. The molecular weight excluding hydrogens is 316 g/mol. The molecule has 3 heterocycles. The topological polar surface area (TPSA) is 38.9 Å². The Morgan fingerprint density at radius 3 is 2.83 bits per heavy atom. The van der Waals surface area contributed by atoms with Gasteiger partial charge in [-0.1, -0.05) is 12.1 Å². The lowest BCUT2D eigenvalue weighted by atomic mass is 9.98. The summed E-state index contributed by atoms with van der Waals surface area (Å²) < 4.78 is 6.62. The standard InChI is InChI=1S/C20H12N2OS/c1-2-16(13-3-5-17-19(11-13)24-12-22-17)20(21-8-1)15-4-6-18-14(10-15)7-9-23-18/h1-12H. The van der Waals surface area contributed by atoms with Crippen LogP contribution in [0.15, 0.2) is 77.0 Å². The van der Waals surface area contributed by atoms with E-state index in [2.05, 4.69) is 46.4 Å². The molecule has 0 aliphatic heterocycles. The minimum absolute atomic E-state index is 0.891. The first kappa shape index (κ1) is 13.5. The van der Waals surface area contributed by atoms with Crippen molar-refractivity contribution in [2.45, 2.75) is 0 Å². The van der Waals surface area contributed by atoms with Crippen LogP contribution in [0.3, 0.4) is 0 Å². The Morgan fingerprint density at radius 2 is 1.83 bits per heavy atom. The Balaban J connectivity index is 1.72. The average Bonchev–Trinajstić information content (AvgIpc) is 3.29. The van der Waals surface area contributed by atoms with Crippen LogP contribution in [0.4, 0.5) is 0 Å². The van der Waals surface area contributed by atoms with Gasteiger partial charge in [0.15, 0.2) is 0 Å². The van der Waals surface area contributed by atoms with Gasteiger partial charge in [0.05, 0.1) is 27.7 Å². The smallest absolute Gasteiger partial charge is 0.133 e. The Morgan fingerprint density at radius 1 is 0.875 bits per heavy atom. The van der Waals surface area contributed by atoms with Gasteiger partial charge in [-0.25, -0.2) is 4.98 Å². The minimum Gasteiger partial charge on any atom is -0.464 e. The zero-order valence-electron chi connectivity index (χ0n) is 12.6. The van der Waals surface area contributed by atoms with Gasteiger partial charge in [-0.05, 0) is 48.0 Å². The fraction of sp³-hybridized carbons (Fsp3) is 0. The van der Waals surface area contributed by atoms with E-state index in [4.69, 9.17) is 4.42 Å². The molecule has 0 aliphatic rings. The predicted octanol–water partition coefficient (Wildman–Crippen LogP) is 5.77. The van der Waals surface area contributed by atoms with Crippen molar-refractivity contribution >= 4 is 32.5 Å². The highest BCUT2D eigenvalue weighted by atomic mass is 32.1. The summed E-state index contributed by atoms with van der Waals surface area (Å²) in [5.74, 6) is 0. The lowest BCUT2D eigenvalue weighted by Crippen LogP contribution is -1.88. The zero-order chi connectivity index (χ0) is 15.9. The molecule has 3 nitrogen and oxygen atoms in total.